The number of aryl methyl sites for hydroxylation is 1. The predicted octanol–water partition coefficient (Wildman–Crippen LogP) is 2.72. The van der Waals surface area contributed by atoms with Crippen molar-refractivity contribution in [2.24, 2.45) is 0 Å². The molecule has 29 heavy (non-hydrogen) atoms. The fourth-order valence-corrected chi connectivity index (χ4v) is 3.36. The van der Waals surface area contributed by atoms with Crippen LogP contribution in [0.25, 0.3) is 0 Å². The molecular weight excluding hydrogens is 373 g/mol. The summed E-state index contributed by atoms with van der Waals surface area (Å²) in [6.07, 6.45) is 0.397. The van der Waals surface area contributed by atoms with Crippen molar-refractivity contribution >= 4 is 23.4 Å². The maximum atomic E-state index is 13.1. The number of hydrogen-bond acceptors (Lipinski definition) is 3. The molecule has 0 spiro atoms. The van der Waals surface area contributed by atoms with Crippen molar-refractivity contribution in [3.8, 4) is 0 Å². The highest BCUT2D eigenvalue weighted by atomic mass is 19.1. The van der Waals surface area contributed by atoms with E-state index in [4.69, 9.17) is 0 Å². The van der Waals surface area contributed by atoms with E-state index in [1.807, 2.05) is 26.0 Å². The van der Waals surface area contributed by atoms with Crippen molar-refractivity contribution in [1.29, 1.82) is 0 Å². The van der Waals surface area contributed by atoms with E-state index in [-0.39, 0.29) is 24.8 Å². The Bertz CT molecular complexity index is 897. The molecule has 0 bridgehead atoms. The first-order chi connectivity index (χ1) is 13.9. The summed E-state index contributed by atoms with van der Waals surface area (Å²) in [7, 11) is 0. The van der Waals surface area contributed by atoms with E-state index in [0.717, 1.165) is 11.1 Å². The molecule has 1 heterocycles. The van der Waals surface area contributed by atoms with Crippen molar-refractivity contribution in [2.75, 3.05) is 18.4 Å². The zero-order valence-electron chi connectivity index (χ0n) is 16.5. The molecule has 0 aliphatic carbocycles. The third-order valence-electron chi connectivity index (χ3n) is 5.01. The number of hydrogen-bond donors (Lipinski definition) is 1. The molecule has 7 heteroatoms. The highest BCUT2D eigenvalue weighted by Gasteiger charge is 2.38. The summed E-state index contributed by atoms with van der Waals surface area (Å²) >= 11 is 0. The topological polar surface area (TPSA) is 69.7 Å². The fourth-order valence-electron chi connectivity index (χ4n) is 3.36. The second-order valence-corrected chi connectivity index (χ2v) is 7.13. The van der Waals surface area contributed by atoms with Crippen LogP contribution in [0.4, 0.5) is 10.1 Å². The average molecular weight is 397 g/mol. The minimum absolute atomic E-state index is 0.227. The zero-order valence-corrected chi connectivity index (χ0v) is 16.5. The van der Waals surface area contributed by atoms with Crippen LogP contribution in [0.15, 0.2) is 48.5 Å². The van der Waals surface area contributed by atoms with Crippen molar-refractivity contribution in [3.05, 3.63) is 65.5 Å². The number of piperazine rings is 1. The maximum Gasteiger partial charge on any atom is 0.312 e. The van der Waals surface area contributed by atoms with Gasteiger partial charge in [-0.3, -0.25) is 14.4 Å². The Hall–Kier alpha value is -3.22. The average Bonchev–Trinajstić information content (AvgIpc) is 2.71. The molecule has 1 N–H and O–H groups in total. The van der Waals surface area contributed by atoms with Gasteiger partial charge < -0.3 is 15.1 Å². The molecule has 1 saturated heterocycles. The number of halogens is 1. The smallest absolute Gasteiger partial charge is 0.312 e. The second kappa shape index (κ2) is 8.86. The van der Waals surface area contributed by atoms with Gasteiger partial charge in [-0.1, -0.05) is 36.8 Å². The van der Waals surface area contributed by atoms with Crippen LogP contribution in [0, 0.1) is 12.7 Å². The van der Waals surface area contributed by atoms with Gasteiger partial charge in [-0.25, -0.2) is 4.39 Å². The van der Waals surface area contributed by atoms with Crippen LogP contribution in [0.3, 0.4) is 0 Å². The molecule has 2 aromatic rings. The molecule has 1 aliphatic heterocycles. The van der Waals surface area contributed by atoms with Gasteiger partial charge in [0, 0.05) is 25.3 Å². The minimum Gasteiger partial charge on any atom is -0.328 e. The minimum atomic E-state index is -0.722. The zero-order chi connectivity index (χ0) is 21.0. The first-order valence-corrected chi connectivity index (χ1v) is 9.61. The third kappa shape index (κ3) is 4.80. The van der Waals surface area contributed by atoms with Gasteiger partial charge in [0.1, 0.15) is 11.9 Å². The van der Waals surface area contributed by atoms with E-state index in [1.165, 1.54) is 21.9 Å². The lowest BCUT2D eigenvalue weighted by Gasteiger charge is -2.37. The monoisotopic (exact) mass is 397 g/mol. The summed E-state index contributed by atoms with van der Waals surface area (Å²) in [5.41, 5.74) is 2.46. The number of rotatable bonds is 6. The number of carbonyl (C=O) groups excluding carboxylic acids is 3. The van der Waals surface area contributed by atoms with Gasteiger partial charge in [-0.15, -0.1) is 0 Å². The van der Waals surface area contributed by atoms with Crippen molar-refractivity contribution in [2.45, 2.75) is 32.9 Å². The van der Waals surface area contributed by atoms with Crippen molar-refractivity contribution < 1.29 is 18.8 Å². The SMILES string of the molecule is CC[C@H](C(=O)Nc1ccc(C)cc1)N1CCN(Cc2ccc(F)cc2)C(=O)C1=O. The largest absolute Gasteiger partial charge is 0.328 e. The van der Waals surface area contributed by atoms with Crippen LogP contribution < -0.4 is 5.32 Å². The summed E-state index contributed by atoms with van der Waals surface area (Å²) < 4.78 is 13.1. The summed E-state index contributed by atoms with van der Waals surface area (Å²) in [5.74, 6) is -2.01. The van der Waals surface area contributed by atoms with Crippen molar-refractivity contribution in [1.82, 2.24) is 9.80 Å². The molecule has 3 rings (SSSR count). The molecule has 0 aromatic heterocycles. The van der Waals surface area contributed by atoms with Crippen molar-refractivity contribution in [3.63, 3.8) is 0 Å². The molecule has 0 radical (unpaired) electrons. The summed E-state index contributed by atoms with van der Waals surface area (Å²) in [5, 5.41) is 2.82. The normalized spacial score (nSPS) is 15.4. The fraction of sp³-hybridized carbons (Fsp3) is 0.318. The molecule has 2 aromatic carbocycles. The number of nitrogens with one attached hydrogen (secondary N) is 1. The lowest BCUT2D eigenvalue weighted by Crippen LogP contribution is -2.59. The van der Waals surface area contributed by atoms with Gasteiger partial charge in [0.05, 0.1) is 0 Å². The van der Waals surface area contributed by atoms with Gasteiger partial charge in [-0.2, -0.15) is 0 Å². The Kier molecular flexibility index (Phi) is 6.26. The number of nitrogens with zero attached hydrogens (tertiary/aromatic N) is 2. The van der Waals surface area contributed by atoms with Gasteiger partial charge in [0.15, 0.2) is 0 Å². The molecule has 6 nitrogen and oxygen atoms in total. The van der Waals surface area contributed by atoms with Crippen LogP contribution in [-0.2, 0) is 20.9 Å². The second-order valence-electron chi connectivity index (χ2n) is 7.13. The number of amides is 3. The highest BCUT2D eigenvalue weighted by Crippen LogP contribution is 2.17. The molecule has 0 unspecified atom stereocenters. The van der Waals surface area contributed by atoms with Gasteiger partial charge >= 0.3 is 11.8 Å². The highest BCUT2D eigenvalue weighted by molar-refractivity contribution is 6.35. The Morgan fingerprint density at radius 3 is 2.31 bits per heavy atom. The van der Waals surface area contributed by atoms with Crippen LogP contribution in [0.2, 0.25) is 0 Å². The van der Waals surface area contributed by atoms with Gasteiger partial charge in [0.25, 0.3) is 0 Å². The number of benzene rings is 2. The standard InChI is InChI=1S/C22H24FN3O3/c1-3-19(20(27)24-18-10-4-15(2)5-11-18)26-13-12-25(21(28)22(26)29)14-16-6-8-17(23)9-7-16/h4-11,19H,3,12-14H2,1-2H3,(H,24,27)/t19-/m1/s1. The molecule has 1 atom stereocenters. The van der Waals surface area contributed by atoms with E-state index >= 15 is 0 Å². The van der Waals surface area contributed by atoms with Crippen LogP contribution in [-0.4, -0.2) is 46.7 Å². The predicted molar refractivity (Wildman–Crippen MR) is 107 cm³/mol. The lowest BCUT2D eigenvalue weighted by molar-refractivity contribution is -0.159. The Morgan fingerprint density at radius 1 is 1.03 bits per heavy atom. The summed E-state index contributed by atoms with van der Waals surface area (Å²) in [4.78, 5) is 40.7. The molecule has 152 valence electrons. The Balaban J connectivity index is 1.66. The van der Waals surface area contributed by atoms with Crippen LogP contribution in [0.1, 0.15) is 24.5 Å². The first kappa shape index (κ1) is 20.5. The van der Waals surface area contributed by atoms with E-state index < -0.39 is 17.9 Å². The third-order valence-corrected chi connectivity index (χ3v) is 5.01. The van der Waals surface area contributed by atoms with E-state index in [9.17, 15) is 18.8 Å². The van der Waals surface area contributed by atoms with E-state index in [1.54, 1.807) is 24.3 Å². The number of carbonyl (C=O) groups is 3. The molecule has 0 saturated carbocycles. The van der Waals surface area contributed by atoms with E-state index in [2.05, 4.69) is 5.32 Å². The summed E-state index contributed by atoms with van der Waals surface area (Å²) in [6.45, 7) is 4.57. The van der Waals surface area contributed by atoms with Crippen LogP contribution >= 0.6 is 0 Å². The lowest BCUT2D eigenvalue weighted by atomic mass is 10.1. The Morgan fingerprint density at radius 2 is 1.69 bits per heavy atom. The molecule has 3 amide bonds. The van der Waals surface area contributed by atoms with Crippen LogP contribution in [0.5, 0.6) is 0 Å². The molecular formula is C22H24FN3O3. The van der Waals surface area contributed by atoms with Gasteiger partial charge in [-0.05, 0) is 43.2 Å². The van der Waals surface area contributed by atoms with E-state index in [0.29, 0.717) is 18.7 Å². The maximum absolute atomic E-state index is 13.1. The number of anilines is 1. The first-order valence-electron chi connectivity index (χ1n) is 9.61. The molecule has 1 aliphatic rings. The van der Waals surface area contributed by atoms with Gasteiger partial charge in [0.2, 0.25) is 5.91 Å². The molecule has 1 fully saturated rings. The quantitative estimate of drug-likeness (QED) is 0.762. The summed E-state index contributed by atoms with van der Waals surface area (Å²) in [6, 6.07) is 12.5. The Labute approximate surface area is 169 Å².